The molecule has 4 aliphatic rings. The predicted octanol–water partition coefficient (Wildman–Crippen LogP) is 3.63. The third-order valence-corrected chi connectivity index (χ3v) is 6.50. The Bertz CT molecular complexity index is 349. The van der Waals surface area contributed by atoms with E-state index in [2.05, 4.69) is 20.8 Å². The molecule has 0 radical (unpaired) electrons. The van der Waals surface area contributed by atoms with Crippen LogP contribution < -0.4 is 0 Å². The molecule has 4 saturated carbocycles. The molecule has 0 atom stereocenters. The number of hydrogen-bond acceptors (Lipinski definition) is 1. The summed E-state index contributed by atoms with van der Waals surface area (Å²) in [6, 6.07) is 0. The fourth-order valence-electron chi connectivity index (χ4n) is 5.40. The Morgan fingerprint density at radius 2 is 1.41 bits per heavy atom. The SMILES string of the molecule is CC(C)(C)C(=S=O)C12CC3CC(CC(C3)C1)C2. The zero-order chi connectivity index (χ0) is 12.3. The maximum absolute atomic E-state index is 11.7. The summed E-state index contributed by atoms with van der Waals surface area (Å²) >= 11 is 0.832. The minimum atomic E-state index is 0.0814. The van der Waals surface area contributed by atoms with Crippen LogP contribution >= 0.6 is 0 Å². The van der Waals surface area contributed by atoms with Gasteiger partial charge in [-0.05, 0) is 61.7 Å². The van der Waals surface area contributed by atoms with Crippen LogP contribution in [-0.4, -0.2) is 9.07 Å². The van der Waals surface area contributed by atoms with Gasteiger partial charge in [0, 0.05) is 10.3 Å². The minimum Gasteiger partial charge on any atom is -0.212 e. The highest BCUT2D eigenvalue weighted by Gasteiger charge is 2.54. The molecule has 0 aromatic heterocycles. The van der Waals surface area contributed by atoms with Crippen molar-refractivity contribution in [2.24, 2.45) is 28.6 Å². The maximum Gasteiger partial charge on any atom is 0.0887 e. The van der Waals surface area contributed by atoms with Crippen LogP contribution in [0.5, 0.6) is 0 Å². The molecule has 4 aliphatic carbocycles. The Morgan fingerprint density at radius 1 is 1.00 bits per heavy atom. The van der Waals surface area contributed by atoms with Crippen LogP contribution in [0.2, 0.25) is 0 Å². The second-order valence-corrected chi connectivity index (χ2v) is 8.44. The highest BCUT2D eigenvalue weighted by Crippen LogP contribution is 2.61. The molecule has 4 fully saturated rings. The van der Waals surface area contributed by atoms with Crippen molar-refractivity contribution in [1.29, 1.82) is 0 Å². The topological polar surface area (TPSA) is 17.1 Å². The van der Waals surface area contributed by atoms with Crippen molar-refractivity contribution < 1.29 is 4.21 Å². The quantitative estimate of drug-likeness (QED) is 0.651. The number of rotatable bonds is 1. The van der Waals surface area contributed by atoms with Gasteiger partial charge in [-0.25, -0.2) is 4.21 Å². The smallest absolute Gasteiger partial charge is 0.0887 e. The first kappa shape index (κ1) is 12.0. The monoisotopic (exact) mass is 252 g/mol. The summed E-state index contributed by atoms with van der Waals surface area (Å²) in [6.45, 7) is 6.68. The summed E-state index contributed by atoms with van der Waals surface area (Å²) in [4.78, 5) is 1.27. The Morgan fingerprint density at radius 3 is 1.71 bits per heavy atom. The van der Waals surface area contributed by atoms with E-state index < -0.39 is 0 Å². The summed E-state index contributed by atoms with van der Waals surface area (Å²) < 4.78 is 11.7. The number of hydrogen-bond donors (Lipinski definition) is 0. The van der Waals surface area contributed by atoms with Crippen molar-refractivity contribution in [1.82, 2.24) is 0 Å². The lowest BCUT2D eigenvalue weighted by Gasteiger charge is -2.58. The molecule has 1 nitrogen and oxygen atoms in total. The molecular formula is C15H24OS. The van der Waals surface area contributed by atoms with E-state index in [0.717, 1.165) is 29.0 Å². The first-order valence-corrected chi connectivity index (χ1v) is 7.85. The molecular weight excluding hydrogens is 228 g/mol. The first-order valence-electron chi connectivity index (χ1n) is 7.11. The van der Waals surface area contributed by atoms with E-state index in [9.17, 15) is 4.21 Å². The maximum atomic E-state index is 11.7. The summed E-state index contributed by atoms with van der Waals surface area (Å²) in [5.41, 5.74) is 0.400. The summed E-state index contributed by atoms with van der Waals surface area (Å²) in [5, 5.41) is 0. The molecule has 0 heterocycles. The third-order valence-electron chi connectivity index (χ3n) is 5.28. The molecule has 0 amide bonds. The van der Waals surface area contributed by atoms with Crippen molar-refractivity contribution in [3.8, 4) is 0 Å². The third kappa shape index (κ3) is 1.83. The van der Waals surface area contributed by atoms with Crippen molar-refractivity contribution in [2.75, 3.05) is 0 Å². The van der Waals surface area contributed by atoms with Crippen molar-refractivity contribution >= 4 is 16.1 Å². The molecule has 0 spiro atoms. The van der Waals surface area contributed by atoms with Crippen LogP contribution in [0.25, 0.3) is 0 Å². The van der Waals surface area contributed by atoms with Gasteiger partial charge in [0.2, 0.25) is 0 Å². The van der Waals surface area contributed by atoms with Gasteiger partial charge in [-0.15, -0.1) is 0 Å². The standard InChI is InChI=1S/C15H24OS/c1-14(2,3)13(17-16)15-7-10-4-11(8-15)6-12(5-10)9-15/h10-12H,4-9H2,1-3H3. The molecule has 17 heavy (non-hydrogen) atoms. The second kappa shape index (κ2) is 3.69. The van der Waals surface area contributed by atoms with E-state index in [1.807, 2.05) is 0 Å². The Kier molecular flexibility index (Phi) is 2.60. The predicted molar refractivity (Wildman–Crippen MR) is 73.2 cm³/mol. The fourth-order valence-corrected chi connectivity index (χ4v) is 6.07. The van der Waals surface area contributed by atoms with Gasteiger partial charge >= 0.3 is 0 Å². The Hall–Kier alpha value is -0.110. The molecule has 0 aliphatic heterocycles. The fraction of sp³-hybridized carbons (Fsp3) is 0.933. The molecule has 96 valence electrons. The van der Waals surface area contributed by atoms with E-state index in [1.165, 1.54) is 43.4 Å². The van der Waals surface area contributed by atoms with E-state index >= 15 is 0 Å². The zero-order valence-electron chi connectivity index (χ0n) is 11.3. The van der Waals surface area contributed by atoms with Gasteiger partial charge in [-0.2, -0.15) is 0 Å². The highest BCUT2D eigenvalue weighted by molar-refractivity contribution is 7.66. The van der Waals surface area contributed by atoms with Crippen LogP contribution in [0.1, 0.15) is 59.3 Å². The molecule has 0 aromatic carbocycles. The molecule has 4 bridgehead atoms. The molecule has 0 N–H and O–H groups in total. The average molecular weight is 252 g/mol. The second-order valence-electron chi connectivity index (χ2n) is 7.86. The summed E-state index contributed by atoms with van der Waals surface area (Å²) in [6.07, 6.45) is 8.34. The van der Waals surface area contributed by atoms with Gasteiger partial charge in [0.15, 0.2) is 0 Å². The lowest BCUT2D eigenvalue weighted by molar-refractivity contribution is -0.0146. The molecule has 0 aromatic rings. The minimum absolute atomic E-state index is 0.0814. The van der Waals surface area contributed by atoms with Gasteiger partial charge in [0.05, 0.1) is 11.3 Å². The van der Waals surface area contributed by atoms with Crippen molar-refractivity contribution in [3.05, 3.63) is 0 Å². The lowest BCUT2D eigenvalue weighted by atomic mass is 9.47. The summed E-state index contributed by atoms with van der Waals surface area (Å²) in [7, 11) is 0. The molecule has 4 rings (SSSR count). The van der Waals surface area contributed by atoms with Gasteiger partial charge in [-0.3, -0.25) is 0 Å². The van der Waals surface area contributed by atoms with Crippen LogP contribution in [0.3, 0.4) is 0 Å². The van der Waals surface area contributed by atoms with E-state index in [4.69, 9.17) is 0 Å². The van der Waals surface area contributed by atoms with Crippen LogP contribution in [-0.2, 0) is 11.3 Å². The normalized spacial score (nSPS) is 43.8. The largest absolute Gasteiger partial charge is 0.212 e. The van der Waals surface area contributed by atoms with Gasteiger partial charge in [-0.1, -0.05) is 20.8 Å². The highest BCUT2D eigenvalue weighted by atomic mass is 32.1. The molecule has 2 heteroatoms. The van der Waals surface area contributed by atoms with E-state index in [-0.39, 0.29) is 5.41 Å². The average Bonchev–Trinajstić information content (AvgIpc) is 2.12. The van der Waals surface area contributed by atoms with Crippen molar-refractivity contribution in [2.45, 2.75) is 59.3 Å². The van der Waals surface area contributed by atoms with Crippen LogP contribution in [0.4, 0.5) is 0 Å². The summed E-state index contributed by atoms with van der Waals surface area (Å²) in [5.74, 6) is 2.81. The Labute approximate surface area is 108 Å². The molecule has 0 unspecified atom stereocenters. The van der Waals surface area contributed by atoms with Gasteiger partial charge in [0.25, 0.3) is 0 Å². The Balaban J connectivity index is 1.99. The first-order chi connectivity index (χ1) is 7.93. The van der Waals surface area contributed by atoms with Crippen LogP contribution in [0.15, 0.2) is 0 Å². The lowest BCUT2D eigenvalue weighted by Crippen LogP contribution is -2.52. The van der Waals surface area contributed by atoms with Crippen LogP contribution in [0, 0.1) is 28.6 Å². The van der Waals surface area contributed by atoms with Gasteiger partial charge < -0.3 is 0 Å². The van der Waals surface area contributed by atoms with E-state index in [1.54, 1.807) is 0 Å². The van der Waals surface area contributed by atoms with Crippen molar-refractivity contribution in [3.63, 3.8) is 0 Å². The van der Waals surface area contributed by atoms with E-state index in [0.29, 0.717) is 5.41 Å². The van der Waals surface area contributed by atoms with Gasteiger partial charge in [0.1, 0.15) is 0 Å². The molecule has 0 saturated heterocycles. The zero-order valence-corrected chi connectivity index (χ0v) is 12.1.